The number of nitrogens with zero attached hydrogens (tertiary/aromatic N) is 4. The Hall–Kier alpha value is -2.89. The van der Waals surface area contributed by atoms with Crippen LogP contribution in [0.1, 0.15) is 10.4 Å². The van der Waals surface area contributed by atoms with E-state index in [9.17, 15) is 4.79 Å². The second kappa shape index (κ2) is 4.59. The number of carbonyl (C=O) groups excluding carboxylic acids is 1. The van der Waals surface area contributed by atoms with Gasteiger partial charge in [-0.15, -0.1) is 0 Å². The van der Waals surface area contributed by atoms with Gasteiger partial charge in [-0.1, -0.05) is 0 Å². The first-order valence-electron chi connectivity index (χ1n) is 6.63. The van der Waals surface area contributed by atoms with Crippen LogP contribution >= 0.6 is 0 Å². The predicted octanol–water partition coefficient (Wildman–Crippen LogP) is 1.77. The van der Waals surface area contributed by atoms with Crippen LogP contribution in [0.4, 0.5) is 5.69 Å². The summed E-state index contributed by atoms with van der Waals surface area (Å²) in [6, 6.07) is 5.40. The summed E-state index contributed by atoms with van der Waals surface area (Å²) >= 11 is 0. The van der Waals surface area contributed by atoms with Crippen molar-refractivity contribution in [2.45, 2.75) is 0 Å². The van der Waals surface area contributed by atoms with Crippen molar-refractivity contribution in [3.63, 3.8) is 0 Å². The first kappa shape index (κ1) is 11.9. The smallest absolute Gasteiger partial charge is 0.258 e. The zero-order valence-corrected chi connectivity index (χ0v) is 11.1. The Kier molecular flexibility index (Phi) is 2.60. The lowest BCUT2D eigenvalue weighted by Gasteiger charge is -2.29. The molecule has 1 aliphatic heterocycles. The van der Waals surface area contributed by atoms with Crippen molar-refractivity contribution < 1.29 is 9.53 Å². The molecule has 0 saturated heterocycles. The standard InChI is InChI=1S/C15H12N4O2/c20-15(11-2-4-18-10-17-8-12(18)7-11)19-5-6-21-14-1-3-16-9-13(14)19/h1-4,7-10H,5-6H2. The highest BCUT2D eigenvalue weighted by atomic mass is 16.5. The number of anilines is 1. The number of pyridine rings is 2. The van der Waals surface area contributed by atoms with Crippen LogP contribution in [0.2, 0.25) is 0 Å². The maximum Gasteiger partial charge on any atom is 0.258 e. The molecule has 0 radical (unpaired) electrons. The minimum Gasteiger partial charge on any atom is -0.489 e. The summed E-state index contributed by atoms with van der Waals surface area (Å²) in [5.41, 5.74) is 2.22. The molecule has 0 aliphatic carbocycles. The fraction of sp³-hybridized carbons (Fsp3) is 0.133. The van der Waals surface area contributed by atoms with Crippen LogP contribution in [0.3, 0.4) is 0 Å². The highest BCUT2D eigenvalue weighted by Crippen LogP contribution is 2.31. The molecule has 0 saturated carbocycles. The maximum atomic E-state index is 12.7. The molecule has 104 valence electrons. The Balaban J connectivity index is 1.75. The van der Waals surface area contributed by atoms with Gasteiger partial charge in [-0.25, -0.2) is 4.98 Å². The van der Waals surface area contributed by atoms with Gasteiger partial charge in [-0.05, 0) is 12.1 Å². The van der Waals surface area contributed by atoms with Gasteiger partial charge in [0.1, 0.15) is 18.0 Å². The molecule has 1 amide bonds. The Morgan fingerprint density at radius 3 is 3.14 bits per heavy atom. The van der Waals surface area contributed by atoms with Gasteiger partial charge in [0.05, 0.1) is 30.8 Å². The van der Waals surface area contributed by atoms with E-state index in [0.29, 0.717) is 30.2 Å². The number of amides is 1. The van der Waals surface area contributed by atoms with Crippen molar-refractivity contribution in [2.24, 2.45) is 0 Å². The third-order valence-electron chi connectivity index (χ3n) is 3.53. The number of aromatic nitrogens is 3. The highest BCUT2D eigenvalue weighted by Gasteiger charge is 2.24. The topological polar surface area (TPSA) is 59.7 Å². The van der Waals surface area contributed by atoms with Crippen LogP contribution in [0.25, 0.3) is 5.52 Å². The lowest BCUT2D eigenvalue weighted by atomic mass is 10.2. The molecule has 0 N–H and O–H groups in total. The van der Waals surface area contributed by atoms with E-state index in [2.05, 4.69) is 9.97 Å². The van der Waals surface area contributed by atoms with Gasteiger partial charge in [0.25, 0.3) is 5.91 Å². The van der Waals surface area contributed by atoms with E-state index in [4.69, 9.17) is 4.74 Å². The minimum absolute atomic E-state index is 0.0590. The zero-order chi connectivity index (χ0) is 14.2. The van der Waals surface area contributed by atoms with Crippen molar-refractivity contribution in [1.82, 2.24) is 14.4 Å². The van der Waals surface area contributed by atoms with Crippen LogP contribution in [0, 0.1) is 0 Å². The van der Waals surface area contributed by atoms with Gasteiger partial charge in [0.2, 0.25) is 0 Å². The van der Waals surface area contributed by atoms with Crippen molar-refractivity contribution in [3.8, 4) is 5.75 Å². The molecule has 3 aromatic rings. The third kappa shape index (κ3) is 1.92. The van der Waals surface area contributed by atoms with Crippen molar-refractivity contribution in [1.29, 1.82) is 0 Å². The number of rotatable bonds is 1. The third-order valence-corrected chi connectivity index (χ3v) is 3.53. The summed E-state index contributed by atoms with van der Waals surface area (Å²) in [4.78, 5) is 22.6. The van der Waals surface area contributed by atoms with E-state index in [1.807, 2.05) is 16.7 Å². The van der Waals surface area contributed by atoms with E-state index in [0.717, 1.165) is 5.52 Å². The van der Waals surface area contributed by atoms with Crippen LogP contribution < -0.4 is 9.64 Å². The molecule has 6 heteroatoms. The number of hydrogen-bond donors (Lipinski definition) is 0. The molecule has 1 aliphatic rings. The van der Waals surface area contributed by atoms with Crippen LogP contribution in [0.15, 0.2) is 49.3 Å². The van der Waals surface area contributed by atoms with E-state index in [1.165, 1.54) is 0 Å². The van der Waals surface area contributed by atoms with E-state index in [1.54, 1.807) is 42.0 Å². The monoisotopic (exact) mass is 280 g/mol. The molecular weight excluding hydrogens is 268 g/mol. The molecule has 4 rings (SSSR count). The molecule has 0 atom stereocenters. The summed E-state index contributed by atoms with van der Waals surface area (Å²) in [6.45, 7) is 1.000. The Morgan fingerprint density at radius 2 is 2.19 bits per heavy atom. The Morgan fingerprint density at radius 1 is 1.24 bits per heavy atom. The summed E-state index contributed by atoms with van der Waals surface area (Å²) in [6.07, 6.45) is 8.58. The molecular formula is C15H12N4O2. The van der Waals surface area contributed by atoms with E-state index < -0.39 is 0 Å². The average molecular weight is 280 g/mol. The SMILES string of the molecule is O=C(c1ccn2cncc2c1)N1CCOc2ccncc21. The second-order valence-electron chi connectivity index (χ2n) is 4.79. The number of hydrogen-bond acceptors (Lipinski definition) is 4. The highest BCUT2D eigenvalue weighted by molar-refractivity contribution is 6.07. The number of fused-ring (bicyclic) bond motifs is 2. The van der Waals surface area contributed by atoms with Crippen molar-refractivity contribution >= 4 is 17.1 Å². The largest absolute Gasteiger partial charge is 0.489 e. The quantitative estimate of drug-likeness (QED) is 0.681. The predicted molar refractivity (Wildman–Crippen MR) is 76.6 cm³/mol. The number of ether oxygens (including phenoxy) is 1. The molecule has 6 nitrogen and oxygen atoms in total. The summed E-state index contributed by atoms with van der Waals surface area (Å²) in [5, 5.41) is 0. The molecule has 0 unspecified atom stereocenters. The molecule has 4 heterocycles. The van der Waals surface area contributed by atoms with Gasteiger partial charge in [-0.3, -0.25) is 9.78 Å². The van der Waals surface area contributed by atoms with Gasteiger partial charge >= 0.3 is 0 Å². The fourth-order valence-electron chi connectivity index (χ4n) is 2.48. The summed E-state index contributed by atoms with van der Waals surface area (Å²) in [5.74, 6) is 0.631. The lowest BCUT2D eigenvalue weighted by molar-refractivity contribution is 0.0976. The fourth-order valence-corrected chi connectivity index (χ4v) is 2.48. The normalized spacial score (nSPS) is 13.8. The summed E-state index contributed by atoms with van der Waals surface area (Å²) in [7, 11) is 0. The van der Waals surface area contributed by atoms with Crippen LogP contribution in [-0.4, -0.2) is 33.4 Å². The van der Waals surface area contributed by atoms with E-state index in [-0.39, 0.29) is 5.91 Å². The van der Waals surface area contributed by atoms with Crippen LogP contribution in [-0.2, 0) is 0 Å². The first-order valence-corrected chi connectivity index (χ1v) is 6.63. The van der Waals surface area contributed by atoms with Crippen LogP contribution in [0.5, 0.6) is 5.75 Å². The Labute approximate surface area is 120 Å². The second-order valence-corrected chi connectivity index (χ2v) is 4.79. The Bertz CT molecular complexity index is 827. The minimum atomic E-state index is -0.0590. The first-order chi connectivity index (χ1) is 10.3. The van der Waals surface area contributed by atoms with Gasteiger partial charge < -0.3 is 14.0 Å². The molecule has 0 aromatic carbocycles. The lowest BCUT2D eigenvalue weighted by Crippen LogP contribution is -2.38. The molecule has 0 bridgehead atoms. The summed E-state index contributed by atoms with van der Waals surface area (Å²) < 4.78 is 7.42. The maximum absolute atomic E-state index is 12.7. The van der Waals surface area contributed by atoms with Gasteiger partial charge in [0.15, 0.2) is 0 Å². The molecule has 0 fully saturated rings. The molecule has 0 spiro atoms. The van der Waals surface area contributed by atoms with Gasteiger partial charge in [-0.2, -0.15) is 0 Å². The van der Waals surface area contributed by atoms with Crippen molar-refractivity contribution in [2.75, 3.05) is 18.1 Å². The van der Waals surface area contributed by atoms with Crippen molar-refractivity contribution in [3.05, 3.63) is 54.9 Å². The van der Waals surface area contributed by atoms with E-state index >= 15 is 0 Å². The van der Waals surface area contributed by atoms with Gasteiger partial charge in [0, 0.05) is 24.0 Å². The molecule has 21 heavy (non-hydrogen) atoms. The zero-order valence-electron chi connectivity index (χ0n) is 11.1. The number of carbonyl (C=O) groups is 1. The number of imidazole rings is 1. The molecule has 3 aromatic heterocycles. The average Bonchev–Trinajstić information content (AvgIpc) is 3.01.